The Bertz CT molecular complexity index is 498. The van der Waals surface area contributed by atoms with Crippen molar-refractivity contribution in [2.75, 3.05) is 6.54 Å². The molecule has 1 saturated heterocycles. The molecule has 0 spiro atoms. The van der Waals surface area contributed by atoms with Crippen molar-refractivity contribution in [2.24, 2.45) is 0 Å². The van der Waals surface area contributed by atoms with Crippen molar-refractivity contribution in [3.63, 3.8) is 0 Å². The molecule has 1 aliphatic heterocycles. The van der Waals surface area contributed by atoms with Gasteiger partial charge in [0.05, 0.1) is 18.7 Å². The smallest absolute Gasteiger partial charge is 0.410 e. The lowest BCUT2D eigenvalue weighted by Crippen LogP contribution is -2.37. The molecule has 0 unspecified atom stereocenters. The van der Waals surface area contributed by atoms with Crippen LogP contribution < -0.4 is 0 Å². The molecule has 0 radical (unpaired) electrons. The molecule has 4 nitrogen and oxygen atoms in total. The van der Waals surface area contributed by atoms with E-state index in [1.54, 1.807) is 4.90 Å². The first-order valence-corrected chi connectivity index (χ1v) is 7.49. The van der Waals surface area contributed by atoms with Crippen molar-refractivity contribution in [1.29, 1.82) is 0 Å². The molecular weight excluding hydrogens is 322 g/mol. The summed E-state index contributed by atoms with van der Waals surface area (Å²) in [4.78, 5) is 13.9. The van der Waals surface area contributed by atoms with Crippen LogP contribution in [0, 0.1) is 0 Å². The van der Waals surface area contributed by atoms with Crippen LogP contribution in [0.2, 0.25) is 0 Å². The fraction of sp³-hybridized carbons (Fsp3) is 0.533. The molecular formula is C15H20BrNO3. The van der Waals surface area contributed by atoms with Gasteiger partial charge in [-0.05, 0) is 38.8 Å². The van der Waals surface area contributed by atoms with Gasteiger partial charge in [0.2, 0.25) is 0 Å². The molecule has 2 atom stereocenters. The number of β-amino-alcohol motifs (C(OH)–C–C–N with tert-alkyl or cyclic N) is 1. The lowest BCUT2D eigenvalue weighted by Gasteiger charge is -2.29. The number of rotatable bonds is 1. The number of hydrogen-bond donors (Lipinski definition) is 1. The van der Waals surface area contributed by atoms with Gasteiger partial charge in [0.25, 0.3) is 0 Å². The molecule has 5 heteroatoms. The van der Waals surface area contributed by atoms with E-state index in [0.29, 0.717) is 13.0 Å². The third-order valence-corrected chi connectivity index (χ3v) is 3.89. The van der Waals surface area contributed by atoms with Crippen molar-refractivity contribution in [1.82, 2.24) is 4.90 Å². The van der Waals surface area contributed by atoms with Crippen molar-refractivity contribution in [2.45, 2.75) is 44.9 Å². The maximum Gasteiger partial charge on any atom is 0.410 e. The number of halogens is 1. The molecule has 1 aromatic carbocycles. The Balaban J connectivity index is 2.23. The van der Waals surface area contributed by atoms with Crippen LogP contribution in [0.1, 0.15) is 38.8 Å². The summed E-state index contributed by atoms with van der Waals surface area (Å²) in [5.41, 5.74) is 0.457. The summed E-state index contributed by atoms with van der Waals surface area (Å²) in [6, 6.07) is 7.60. The standard InChI is InChI=1S/C15H20BrNO3/c1-15(2,3)20-14(19)17-9-10(18)8-13(17)11-6-4-5-7-12(11)16/h4-7,10,13,18H,8-9H2,1-3H3/t10-,13-/m1/s1. The number of hydrogen-bond acceptors (Lipinski definition) is 3. The van der Waals surface area contributed by atoms with Gasteiger partial charge in [0.1, 0.15) is 5.60 Å². The Kier molecular flexibility index (Phi) is 4.39. The minimum atomic E-state index is -0.539. The van der Waals surface area contributed by atoms with Crippen LogP contribution in [0.5, 0.6) is 0 Å². The summed E-state index contributed by atoms with van der Waals surface area (Å²) in [7, 11) is 0. The second-order valence-corrected chi connectivity index (χ2v) is 6.91. The maximum absolute atomic E-state index is 12.3. The van der Waals surface area contributed by atoms with Crippen LogP contribution >= 0.6 is 15.9 Å². The quantitative estimate of drug-likeness (QED) is 0.850. The summed E-state index contributed by atoms with van der Waals surface area (Å²) in [5.74, 6) is 0. The number of amides is 1. The molecule has 1 heterocycles. The van der Waals surface area contributed by atoms with Gasteiger partial charge in [-0.2, -0.15) is 0 Å². The highest BCUT2D eigenvalue weighted by Gasteiger charge is 2.38. The Hall–Kier alpha value is -1.07. The molecule has 0 aromatic heterocycles. The van der Waals surface area contributed by atoms with Gasteiger partial charge < -0.3 is 9.84 Å². The topological polar surface area (TPSA) is 49.8 Å². The predicted octanol–water partition coefficient (Wildman–Crippen LogP) is 3.49. The van der Waals surface area contributed by atoms with Gasteiger partial charge in [0.15, 0.2) is 0 Å². The van der Waals surface area contributed by atoms with Crippen molar-refractivity contribution >= 4 is 22.0 Å². The fourth-order valence-electron chi connectivity index (χ4n) is 2.38. The molecule has 0 aliphatic carbocycles. The summed E-state index contributed by atoms with van der Waals surface area (Å²) in [6.07, 6.45) is -0.364. The van der Waals surface area contributed by atoms with Crippen LogP contribution in [0.15, 0.2) is 28.7 Å². The number of aliphatic hydroxyl groups is 1. The first-order chi connectivity index (χ1) is 9.28. The minimum Gasteiger partial charge on any atom is -0.444 e. The summed E-state index contributed by atoms with van der Waals surface area (Å²) < 4.78 is 6.36. The Morgan fingerprint density at radius 2 is 2.05 bits per heavy atom. The SMILES string of the molecule is CC(C)(C)OC(=O)N1C[C@H](O)C[C@@H]1c1ccccc1Br. The van der Waals surface area contributed by atoms with Crippen molar-refractivity contribution in [3.8, 4) is 0 Å². The predicted molar refractivity (Wildman–Crippen MR) is 80.4 cm³/mol. The highest BCUT2D eigenvalue weighted by atomic mass is 79.9. The summed E-state index contributed by atoms with van der Waals surface area (Å²) in [6.45, 7) is 5.82. The van der Waals surface area contributed by atoms with E-state index >= 15 is 0 Å². The maximum atomic E-state index is 12.3. The molecule has 1 aliphatic rings. The van der Waals surface area contributed by atoms with Gasteiger partial charge in [0, 0.05) is 4.47 Å². The monoisotopic (exact) mass is 341 g/mol. The molecule has 1 N–H and O–H groups in total. The molecule has 20 heavy (non-hydrogen) atoms. The fourth-order valence-corrected chi connectivity index (χ4v) is 2.93. The van der Waals surface area contributed by atoms with E-state index in [9.17, 15) is 9.90 Å². The Labute approximate surface area is 127 Å². The van der Waals surface area contributed by atoms with E-state index in [1.807, 2.05) is 45.0 Å². The normalized spacial score (nSPS) is 22.9. The van der Waals surface area contributed by atoms with Crippen molar-refractivity contribution < 1.29 is 14.6 Å². The van der Waals surface area contributed by atoms with Gasteiger partial charge >= 0.3 is 6.09 Å². The van der Waals surface area contributed by atoms with Gasteiger partial charge in [-0.3, -0.25) is 4.90 Å². The van der Waals surface area contributed by atoms with Crippen LogP contribution in [-0.4, -0.2) is 34.3 Å². The summed E-state index contributed by atoms with van der Waals surface area (Å²) in [5, 5.41) is 9.90. The minimum absolute atomic E-state index is 0.157. The van der Waals surface area contributed by atoms with Gasteiger partial charge in [-0.15, -0.1) is 0 Å². The van der Waals surface area contributed by atoms with Crippen LogP contribution in [-0.2, 0) is 4.74 Å². The zero-order valence-electron chi connectivity index (χ0n) is 12.0. The average Bonchev–Trinajstić information content (AvgIpc) is 2.69. The highest BCUT2D eigenvalue weighted by Crippen LogP contribution is 2.36. The van der Waals surface area contributed by atoms with Crippen LogP contribution in [0.3, 0.4) is 0 Å². The average molecular weight is 342 g/mol. The van der Waals surface area contributed by atoms with E-state index in [2.05, 4.69) is 15.9 Å². The number of ether oxygens (including phenoxy) is 1. The van der Waals surface area contributed by atoms with Crippen molar-refractivity contribution in [3.05, 3.63) is 34.3 Å². The molecule has 0 saturated carbocycles. The molecule has 110 valence electrons. The molecule has 1 amide bonds. The van der Waals surface area contributed by atoms with E-state index in [4.69, 9.17) is 4.74 Å². The molecule has 1 aromatic rings. The molecule has 0 bridgehead atoms. The number of likely N-dealkylation sites (tertiary alicyclic amines) is 1. The highest BCUT2D eigenvalue weighted by molar-refractivity contribution is 9.10. The lowest BCUT2D eigenvalue weighted by molar-refractivity contribution is 0.0206. The first-order valence-electron chi connectivity index (χ1n) is 6.70. The number of nitrogens with zero attached hydrogens (tertiary/aromatic N) is 1. The number of carbonyl (C=O) groups is 1. The largest absolute Gasteiger partial charge is 0.444 e. The summed E-state index contributed by atoms with van der Waals surface area (Å²) >= 11 is 3.50. The first kappa shape index (κ1) is 15.3. The number of carbonyl (C=O) groups excluding carboxylic acids is 1. The lowest BCUT2D eigenvalue weighted by atomic mass is 10.0. The number of benzene rings is 1. The second-order valence-electron chi connectivity index (χ2n) is 6.06. The number of aliphatic hydroxyl groups excluding tert-OH is 1. The van der Waals surface area contributed by atoms with Crippen LogP contribution in [0.4, 0.5) is 4.79 Å². The van der Waals surface area contributed by atoms with E-state index < -0.39 is 11.7 Å². The van der Waals surface area contributed by atoms with Crippen LogP contribution in [0.25, 0.3) is 0 Å². The Morgan fingerprint density at radius 3 is 2.65 bits per heavy atom. The molecule has 1 fully saturated rings. The third kappa shape index (κ3) is 3.52. The zero-order chi connectivity index (χ0) is 14.9. The van der Waals surface area contributed by atoms with Gasteiger partial charge in [-0.1, -0.05) is 34.1 Å². The second kappa shape index (κ2) is 5.74. The Morgan fingerprint density at radius 1 is 1.40 bits per heavy atom. The van der Waals surface area contributed by atoms with E-state index in [0.717, 1.165) is 10.0 Å². The van der Waals surface area contributed by atoms with E-state index in [1.165, 1.54) is 0 Å². The third-order valence-electron chi connectivity index (χ3n) is 3.17. The van der Waals surface area contributed by atoms with E-state index in [-0.39, 0.29) is 12.1 Å². The zero-order valence-corrected chi connectivity index (χ0v) is 13.6. The van der Waals surface area contributed by atoms with Gasteiger partial charge in [-0.25, -0.2) is 4.79 Å². The molecule has 2 rings (SSSR count).